The van der Waals surface area contributed by atoms with Crippen LogP contribution >= 0.6 is 11.6 Å². The van der Waals surface area contributed by atoms with E-state index < -0.39 is 0 Å². The van der Waals surface area contributed by atoms with Crippen molar-refractivity contribution in [1.29, 1.82) is 0 Å². The molecule has 0 aliphatic carbocycles. The third-order valence-corrected chi connectivity index (χ3v) is 2.73. The van der Waals surface area contributed by atoms with Gasteiger partial charge in [-0.25, -0.2) is 9.97 Å². The topological polar surface area (TPSA) is 51.0 Å². The average molecular weight is 272 g/mol. The first-order valence-corrected chi connectivity index (χ1v) is 6.09. The molecular weight excluding hydrogens is 262 g/mol. The summed E-state index contributed by atoms with van der Waals surface area (Å²) < 4.78 is 5.61. The predicted molar refractivity (Wildman–Crippen MR) is 74.5 cm³/mol. The molecular formula is C14H10ClN3O. The van der Waals surface area contributed by atoms with Crippen LogP contribution in [-0.2, 0) is 0 Å². The summed E-state index contributed by atoms with van der Waals surface area (Å²) in [4.78, 5) is 8.34. The third kappa shape index (κ3) is 2.74. The van der Waals surface area contributed by atoms with Gasteiger partial charge in [-0.1, -0.05) is 29.8 Å². The molecule has 0 unspecified atom stereocenters. The van der Waals surface area contributed by atoms with Crippen molar-refractivity contribution in [2.45, 2.75) is 0 Å². The highest BCUT2D eigenvalue weighted by molar-refractivity contribution is 6.30. The summed E-state index contributed by atoms with van der Waals surface area (Å²) in [5.74, 6) is 1.76. The molecule has 94 valence electrons. The van der Waals surface area contributed by atoms with Crippen molar-refractivity contribution in [3.63, 3.8) is 0 Å². The number of hydrogen-bond donors (Lipinski definition) is 1. The highest BCUT2D eigenvalue weighted by Gasteiger charge is 2.06. The minimum atomic E-state index is 0.536. The van der Waals surface area contributed by atoms with Crippen molar-refractivity contribution >= 4 is 23.3 Å². The lowest BCUT2D eigenvalue weighted by atomic mass is 10.2. The molecule has 0 aliphatic heterocycles. The average Bonchev–Trinajstić information content (AvgIpc) is 2.91. The number of halogens is 1. The fourth-order valence-electron chi connectivity index (χ4n) is 1.62. The van der Waals surface area contributed by atoms with Gasteiger partial charge in [-0.15, -0.1) is 0 Å². The molecule has 4 nitrogen and oxygen atoms in total. The standard InChI is InChI=1S/C14H10ClN3O/c15-11-6-7-12(16-8-11)18-13-9-17-14(19-13)10-4-2-1-3-5-10/h1-9H,(H,16,18). The van der Waals surface area contributed by atoms with E-state index in [0.717, 1.165) is 5.56 Å². The Morgan fingerprint density at radius 2 is 1.79 bits per heavy atom. The Hall–Kier alpha value is -2.33. The van der Waals surface area contributed by atoms with Crippen LogP contribution in [0.15, 0.2) is 59.3 Å². The number of pyridine rings is 1. The quantitative estimate of drug-likeness (QED) is 0.778. The fourth-order valence-corrected chi connectivity index (χ4v) is 1.73. The van der Waals surface area contributed by atoms with E-state index in [4.69, 9.17) is 16.0 Å². The van der Waals surface area contributed by atoms with Crippen LogP contribution in [0.5, 0.6) is 0 Å². The Morgan fingerprint density at radius 3 is 2.53 bits per heavy atom. The van der Waals surface area contributed by atoms with Gasteiger partial charge in [0.05, 0.1) is 11.2 Å². The van der Waals surface area contributed by atoms with E-state index in [9.17, 15) is 0 Å². The normalized spacial score (nSPS) is 10.4. The van der Waals surface area contributed by atoms with Gasteiger partial charge in [-0.2, -0.15) is 0 Å². The summed E-state index contributed by atoms with van der Waals surface area (Å²) in [6.07, 6.45) is 3.19. The van der Waals surface area contributed by atoms with Gasteiger partial charge in [0.1, 0.15) is 5.82 Å². The lowest BCUT2D eigenvalue weighted by molar-refractivity contribution is 0.591. The summed E-state index contributed by atoms with van der Waals surface area (Å²) in [5.41, 5.74) is 0.930. The molecule has 0 fully saturated rings. The lowest BCUT2D eigenvalue weighted by Crippen LogP contribution is -1.90. The molecule has 19 heavy (non-hydrogen) atoms. The Bertz CT molecular complexity index is 665. The summed E-state index contributed by atoms with van der Waals surface area (Å²) in [6, 6.07) is 13.2. The number of anilines is 2. The van der Waals surface area contributed by atoms with Crippen LogP contribution in [0.25, 0.3) is 11.5 Å². The summed E-state index contributed by atoms with van der Waals surface area (Å²) in [6.45, 7) is 0. The molecule has 1 aromatic carbocycles. The number of aromatic nitrogens is 2. The van der Waals surface area contributed by atoms with E-state index in [-0.39, 0.29) is 0 Å². The van der Waals surface area contributed by atoms with E-state index >= 15 is 0 Å². The smallest absolute Gasteiger partial charge is 0.228 e. The molecule has 0 bridgehead atoms. The van der Waals surface area contributed by atoms with Crippen molar-refractivity contribution < 1.29 is 4.42 Å². The highest BCUT2D eigenvalue weighted by atomic mass is 35.5. The minimum Gasteiger partial charge on any atom is -0.420 e. The molecule has 0 saturated carbocycles. The van der Waals surface area contributed by atoms with Crippen molar-refractivity contribution in [2.75, 3.05) is 5.32 Å². The molecule has 5 heteroatoms. The van der Waals surface area contributed by atoms with Gasteiger partial charge in [0, 0.05) is 11.8 Å². The third-order valence-electron chi connectivity index (χ3n) is 2.51. The van der Waals surface area contributed by atoms with Gasteiger partial charge >= 0.3 is 0 Å². The Labute approximate surface area is 115 Å². The van der Waals surface area contributed by atoms with E-state index in [2.05, 4.69) is 15.3 Å². The number of oxazole rings is 1. The molecule has 0 radical (unpaired) electrons. The van der Waals surface area contributed by atoms with Gasteiger partial charge in [0.15, 0.2) is 0 Å². The highest BCUT2D eigenvalue weighted by Crippen LogP contribution is 2.23. The Morgan fingerprint density at radius 1 is 0.947 bits per heavy atom. The van der Waals surface area contributed by atoms with Crippen molar-refractivity contribution in [3.05, 3.63) is 59.9 Å². The summed E-state index contributed by atoms with van der Waals surface area (Å²) in [5, 5.41) is 3.61. The maximum Gasteiger partial charge on any atom is 0.228 e. The maximum atomic E-state index is 5.77. The molecule has 3 aromatic rings. The minimum absolute atomic E-state index is 0.536. The van der Waals surface area contributed by atoms with Crippen LogP contribution in [0.2, 0.25) is 5.02 Å². The zero-order valence-corrected chi connectivity index (χ0v) is 10.6. The molecule has 0 spiro atoms. The first-order chi connectivity index (χ1) is 9.31. The zero-order chi connectivity index (χ0) is 13.1. The summed E-state index contributed by atoms with van der Waals surface area (Å²) >= 11 is 5.77. The van der Waals surface area contributed by atoms with Crippen LogP contribution in [0, 0.1) is 0 Å². The molecule has 2 aromatic heterocycles. The van der Waals surface area contributed by atoms with Crippen molar-refractivity contribution in [1.82, 2.24) is 9.97 Å². The van der Waals surface area contributed by atoms with Crippen LogP contribution in [0.3, 0.4) is 0 Å². The van der Waals surface area contributed by atoms with Crippen LogP contribution in [0.1, 0.15) is 0 Å². The van der Waals surface area contributed by atoms with Gasteiger partial charge in [0.25, 0.3) is 0 Å². The monoisotopic (exact) mass is 271 g/mol. The number of rotatable bonds is 3. The van der Waals surface area contributed by atoms with Crippen molar-refractivity contribution in [2.24, 2.45) is 0 Å². The second kappa shape index (κ2) is 5.12. The lowest BCUT2D eigenvalue weighted by Gasteiger charge is -2.00. The molecule has 0 aliphatic rings. The number of nitrogens with zero attached hydrogens (tertiary/aromatic N) is 2. The number of nitrogens with one attached hydrogen (secondary N) is 1. The molecule has 0 saturated heterocycles. The maximum absolute atomic E-state index is 5.77. The number of hydrogen-bond acceptors (Lipinski definition) is 4. The second-order valence-corrected chi connectivity index (χ2v) is 4.32. The molecule has 3 rings (SSSR count). The van der Waals surface area contributed by atoms with Gasteiger partial charge < -0.3 is 9.73 Å². The largest absolute Gasteiger partial charge is 0.420 e. The molecule has 1 N–H and O–H groups in total. The van der Waals surface area contributed by atoms with Crippen molar-refractivity contribution in [3.8, 4) is 11.5 Å². The zero-order valence-electron chi connectivity index (χ0n) is 9.88. The second-order valence-electron chi connectivity index (χ2n) is 3.88. The van der Waals surface area contributed by atoms with Gasteiger partial charge in [0.2, 0.25) is 11.8 Å². The van der Waals surface area contributed by atoms with E-state index in [1.807, 2.05) is 30.3 Å². The predicted octanol–water partition coefficient (Wildman–Crippen LogP) is 4.13. The first kappa shape index (κ1) is 11.7. The van der Waals surface area contributed by atoms with E-state index in [0.29, 0.717) is 22.6 Å². The van der Waals surface area contributed by atoms with Crippen LogP contribution in [-0.4, -0.2) is 9.97 Å². The fraction of sp³-hybridized carbons (Fsp3) is 0. The van der Waals surface area contributed by atoms with Gasteiger partial charge in [-0.05, 0) is 24.3 Å². The molecule has 2 heterocycles. The van der Waals surface area contributed by atoms with Gasteiger partial charge in [-0.3, -0.25) is 0 Å². The van der Waals surface area contributed by atoms with E-state index in [1.54, 1.807) is 24.5 Å². The summed E-state index contributed by atoms with van der Waals surface area (Å²) in [7, 11) is 0. The Balaban J connectivity index is 1.80. The van der Waals surface area contributed by atoms with Crippen LogP contribution < -0.4 is 5.32 Å². The molecule has 0 atom stereocenters. The SMILES string of the molecule is Clc1ccc(Nc2cnc(-c3ccccc3)o2)nc1. The van der Waals surface area contributed by atoms with E-state index in [1.165, 1.54) is 0 Å². The Kier molecular flexibility index (Phi) is 3.16. The number of benzene rings is 1. The van der Waals surface area contributed by atoms with Crippen LogP contribution in [0.4, 0.5) is 11.7 Å². The molecule has 0 amide bonds. The first-order valence-electron chi connectivity index (χ1n) is 5.71.